The molecule has 1 aliphatic carbocycles. The van der Waals surface area contributed by atoms with Crippen LogP contribution in [0.2, 0.25) is 0 Å². The van der Waals surface area contributed by atoms with Crippen LogP contribution in [0.3, 0.4) is 0 Å². The number of phenols is 1. The van der Waals surface area contributed by atoms with Crippen molar-refractivity contribution in [2.24, 2.45) is 0 Å². The van der Waals surface area contributed by atoms with Crippen molar-refractivity contribution in [3.05, 3.63) is 83.4 Å². The molecule has 27 heavy (non-hydrogen) atoms. The number of hydrogen-bond donors (Lipinski definition) is 2. The summed E-state index contributed by atoms with van der Waals surface area (Å²) in [6.45, 7) is 0.179. The third kappa shape index (κ3) is 2.98. The molecule has 1 amide bonds. The summed E-state index contributed by atoms with van der Waals surface area (Å²) in [5, 5.41) is 21.4. The lowest BCUT2D eigenvalue weighted by molar-refractivity contribution is 0.158. The van der Waals surface area contributed by atoms with Gasteiger partial charge < -0.3 is 9.84 Å². The number of anilines is 1. The second-order valence-electron chi connectivity index (χ2n) is 6.26. The van der Waals surface area contributed by atoms with Gasteiger partial charge in [-0.2, -0.15) is 5.26 Å². The van der Waals surface area contributed by atoms with E-state index in [1.807, 2.05) is 42.5 Å². The minimum Gasteiger partial charge on any atom is -0.504 e. The molecule has 0 aromatic heterocycles. The Morgan fingerprint density at radius 2 is 1.63 bits per heavy atom. The van der Waals surface area contributed by atoms with E-state index in [9.17, 15) is 9.90 Å². The van der Waals surface area contributed by atoms with E-state index in [-0.39, 0.29) is 29.5 Å². The summed E-state index contributed by atoms with van der Waals surface area (Å²) >= 11 is 0. The SMILES string of the molecule is N#Cc1cccc(NC(=O)OCC2c3ccccc3-c3ccccc32)c1O. The maximum absolute atomic E-state index is 12.2. The summed E-state index contributed by atoms with van der Waals surface area (Å²) in [4.78, 5) is 12.2. The molecule has 132 valence electrons. The van der Waals surface area contributed by atoms with Crippen LogP contribution in [-0.2, 0) is 4.74 Å². The summed E-state index contributed by atoms with van der Waals surface area (Å²) in [6.07, 6.45) is -0.678. The molecule has 3 aromatic rings. The van der Waals surface area contributed by atoms with E-state index in [0.717, 1.165) is 22.3 Å². The fraction of sp³-hybridized carbons (Fsp3) is 0.0909. The Kier molecular flexibility index (Phi) is 4.23. The molecule has 0 bridgehead atoms. The Bertz CT molecular complexity index is 1020. The minimum absolute atomic E-state index is 0.0396. The van der Waals surface area contributed by atoms with Crippen molar-refractivity contribution in [3.8, 4) is 22.9 Å². The van der Waals surface area contributed by atoms with Gasteiger partial charge in [-0.3, -0.25) is 5.32 Å². The zero-order valence-electron chi connectivity index (χ0n) is 14.3. The Hall–Kier alpha value is -3.78. The van der Waals surface area contributed by atoms with Gasteiger partial charge in [0, 0.05) is 5.92 Å². The highest BCUT2D eigenvalue weighted by atomic mass is 16.5. The van der Waals surface area contributed by atoms with Crippen LogP contribution < -0.4 is 5.32 Å². The van der Waals surface area contributed by atoms with Gasteiger partial charge in [-0.1, -0.05) is 54.6 Å². The maximum atomic E-state index is 12.2. The topological polar surface area (TPSA) is 82.4 Å². The van der Waals surface area contributed by atoms with Crippen molar-refractivity contribution in [2.45, 2.75) is 5.92 Å². The second-order valence-corrected chi connectivity index (χ2v) is 6.26. The van der Waals surface area contributed by atoms with Crippen LogP contribution in [-0.4, -0.2) is 17.8 Å². The molecule has 0 radical (unpaired) electrons. The summed E-state index contributed by atoms with van der Waals surface area (Å²) in [7, 11) is 0. The van der Waals surface area contributed by atoms with Gasteiger partial charge in [0.2, 0.25) is 0 Å². The molecule has 2 N–H and O–H groups in total. The maximum Gasteiger partial charge on any atom is 0.411 e. The number of fused-ring (bicyclic) bond motifs is 3. The first-order valence-electron chi connectivity index (χ1n) is 8.53. The van der Waals surface area contributed by atoms with Crippen LogP contribution in [0.5, 0.6) is 5.75 Å². The number of carbonyl (C=O) groups excluding carboxylic acids is 1. The number of ether oxygens (including phenoxy) is 1. The number of amides is 1. The molecular formula is C22H16N2O3. The average molecular weight is 356 g/mol. The predicted octanol–water partition coefficient (Wildman–Crippen LogP) is 4.62. The van der Waals surface area contributed by atoms with Gasteiger partial charge >= 0.3 is 6.09 Å². The molecule has 0 unspecified atom stereocenters. The van der Waals surface area contributed by atoms with Gasteiger partial charge in [-0.15, -0.1) is 0 Å². The van der Waals surface area contributed by atoms with Crippen LogP contribution in [0.1, 0.15) is 22.6 Å². The normalized spacial score (nSPS) is 12.0. The zero-order valence-corrected chi connectivity index (χ0v) is 14.3. The van der Waals surface area contributed by atoms with E-state index >= 15 is 0 Å². The minimum atomic E-state index is -0.678. The van der Waals surface area contributed by atoms with Crippen LogP contribution in [0.4, 0.5) is 10.5 Å². The fourth-order valence-electron chi connectivity index (χ4n) is 3.48. The molecule has 0 saturated carbocycles. The van der Waals surface area contributed by atoms with Crippen LogP contribution in [0.15, 0.2) is 66.7 Å². The number of para-hydroxylation sites is 1. The number of phenolic OH excluding ortho intramolecular Hbond substituents is 1. The molecule has 0 saturated heterocycles. The fourth-order valence-corrected chi connectivity index (χ4v) is 3.48. The van der Waals surface area contributed by atoms with E-state index in [4.69, 9.17) is 10.00 Å². The number of nitrogens with zero attached hydrogens (tertiary/aromatic N) is 1. The summed E-state index contributed by atoms with van der Waals surface area (Å²) in [5.74, 6) is -0.310. The van der Waals surface area contributed by atoms with Crippen molar-refractivity contribution in [2.75, 3.05) is 11.9 Å². The first-order chi connectivity index (χ1) is 13.2. The molecular weight excluding hydrogens is 340 g/mol. The number of aromatic hydroxyl groups is 1. The smallest absolute Gasteiger partial charge is 0.411 e. The standard InChI is InChI=1S/C22H16N2O3/c23-12-14-6-5-11-20(21(14)25)24-22(26)27-13-19-17-9-3-1-7-15(17)16-8-2-4-10-18(16)19/h1-11,19,25H,13H2,(H,24,26). The molecule has 3 aromatic carbocycles. The molecule has 0 aliphatic heterocycles. The quantitative estimate of drug-likeness (QED) is 0.671. The van der Waals surface area contributed by atoms with E-state index in [1.165, 1.54) is 12.1 Å². The molecule has 4 rings (SSSR count). The molecule has 0 fully saturated rings. The van der Waals surface area contributed by atoms with Gasteiger partial charge in [0.05, 0.1) is 11.3 Å². The third-order valence-electron chi connectivity index (χ3n) is 4.74. The number of nitrogens with one attached hydrogen (secondary N) is 1. The van der Waals surface area contributed by atoms with Crippen LogP contribution in [0.25, 0.3) is 11.1 Å². The van der Waals surface area contributed by atoms with Gasteiger partial charge in [-0.05, 0) is 34.4 Å². The van der Waals surface area contributed by atoms with Crippen molar-refractivity contribution in [1.29, 1.82) is 5.26 Å². The second kappa shape index (κ2) is 6.85. The number of nitriles is 1. The Balaban J connectivity index is 1.51. The van der Waals surface area contributed by atoms with E-state index in [1.54, 1.807) is 6.07 Å². The summed E-state index contributed by atoms with van der Waals surface area (Å²) in [6, 6.07) is 22.6. The van der Waals surface area contributed by atoms with Gasteiger partial charge in [0.15, 0.2) is 5.75 Å². The number of rotatable bonds is 3. The molecule has 1 aliphatic rings. The Labute approximate surface area is 156 Å². The lowest BCUT2D eigenvalue weighted by Gasteiger charge is -2.15. The largest absolute Gasteiger partial charge is 0.504 e. The number of benzene rings is 3. The van der Waals surface area contributed by atoms with E-state index < -0.39 is 6.09 Å². The highest BCUT2D eigenvalue weighted by Crippen LogP contribution is 2.44. The summed E-state index contributed by atoms with van der Waals surface area (Å²) in [5.41, 5.74) is 4.79. The summed E-state index contributed by atoms with van der Waals surface area (Å²) < 4.78 is 5.43. The average Bonchev–Trinajstić information content (AvgIpc) is 3.02. The van der Waals surface area contributed by atoms with Crippen molar-refractivity contribution in [3.63, 3.8) is 0 Å². The highest BCUT2D eigenvalue weighted by molar-refractivity contribution is 5.87. The number of carbonyl (C=O) groups is 1. The van der Waals surface area contributed by atoms with Crippen LogP contribution >= 0.6 is 0 Å². The predicted molar refractivity (Wildman–Crippen MR) is 102 cm³/mol. The van der Waals surface area contributed by atoms with E-state index in [0.29, 0.717) is 0 Å². The van der Waals surface area contributed by atoms with Crippen molar-refractivity contribution < 1.29 is 14.6 Å². The van der Waals surface area contributed by atoms with Gasteiger partial charge in [0.25, 0.3) is 0 Å². The third-order valence-corrected chi connectivity index (χ3v) is 4.74. The van der Waals surface area contributed by atoms with Crippen molar-refractivity contribution in [1.82, 2.24) is 0 Å². The first kappa shape index (κ1) is 16.7. The molecule has 0 heterocycles. The molecule has 0 spiro atoms. The van der Waals surface area contributed by atoms with Gasteiger partial charge in [0.1, 0.15) is 12.7 Å². The Morgan fingerprint density at radius 3 is 2.26 bits per heavy atom. The molecule has 5 nitrogen and oxygen atoms in total. The molecule has 0 atom stereocenters. The van der Waals surface area contributed by atoms with E-state index in [2.05, 4.69) is 17.4 Å². The monoisotopic (exact) mass is 356 g/mol. The number of hydrogen-bond acceptors (Lipinski definition) is 4. The zero-order chi connectivity index (χ0) is 18.8. The lowest BCUT2D eigenvalue weighted by atomic mass is 9.98. The Morgan fingerprint density at radius 1 is 1.00 bits per heavy atom. The van der Waals surface area contributed by atoms with Crippen molar-refractivity contribution >= 4 is 11.8 Å². The molecule has 5 heteroatoms. The lowest BCUT2D eigenvalue weighted by Crippen LogP contribution is -2.18. The van der Waals surface area contributed by atoms with Gasteiger partial charge in [-0.25, -0.2) is 4.79 Å². The van der Waals surface area contributed by atoms with Crippen LogP contribution in [0, 0.1) is 11.3 Å². The highest BCUT2D eigenvalue weighted by Gasteiger charge is 2.29. The first-order valence-corrected chi connectivity index (χ1v) is 8.53.